The molecule has 1 aromatic carbocycles. The third kappa shape index (κ3) is 4.44. The number of benzene rings is 1. The van der Waals surface area contributed by atoms with E-state index in [9.17, 15) is 14.9 Å². The van der Waals surface area contributed by atoms with E-state index < -0.39 is 11.1 Å². The number of rotatable bonds is 4. The Morgan fingerprint density at radius 1 is 1.24 bits per heavy atom. The summed E-state index contributed by atoms with van der Waals surface area (Å²) in [7, 11) is 0. The van der Waals surface area contributed by atoms with E-state index in [1.165, 1.54) is 43.5 Å². The first-order valence-electron chi connectivity index (χ1n) is 7.19. The molecule has 6 nitrogen and oxygen atoms in total. The first-order valence-corrected chi connectivity index (χ1v) is 7.19. The van der Waals surface area contributed by atoms with Crippen LogP contribution in [0, 0.1) is 16.0 Å². The molecule has 1 atom stereocenters. The Labute approximate surface area is 123 Å². The Bertz CT molecular complexity index is 493. The molecule has 0 radical (unpaired) electrons. The third-order valence-corrected chi connectivity index (χ3v) is 3.84. The van der Waals surface area contributed by atoms with Crippen molar-refractivity contribution in [2.75, 3.05) is 0 Å². The molecule has 0 aromatic heterocycles. The number of non-ortho nitro benzene ring substituents is 1. The molecule has 114 valence electrons. The first kappa shape index (κ1) is 15.3. The highest BCUT2D eigenvalue weighted by Crippen LogP contribution is 2.28. The normalized spacial score (nSPS) is 17.0. The monoisotopic (exact) mass is 293 g/mol. The van der Waals surface area contributed by atoms with Gasteiger partial charge in [0.15, 0.2) is 0 Å². The number of carbonyl (C=O) groups is 1. The van der Waals surface area contributed by atoms with Gasteiger partial charge >= 0.3 is 6.16 Å². The number of carbonyl (C=O) groups excluding carboxylic acids is 1. The van der Waals surface area contributed by atoms with E-state index in [4.69, 9.17) is 9.47 Å². The van der Waals surface area contributed by atoms with Crippen LogP contribution in [0.5, 0.6) is 5.75 Å². The number of hydrogen-bond donors (Lipinski definition) is 0. The molecular formula is C15H19NO5. The molecule has 0 saturated heterocycles. The Balaban J connectivity index is 1.84. The molecule has 0 heterocycles. The van der Waals surface area contributed by atoms with Gasteiger partial charge in [-0.15, -0.1) is 0 Å². The molecule has 0 N–H and O–H groups in total. The smallest absolute Gasteiger partial charge is 0.431 e. The molecule has 1 aliphatic carbocycles. The maximum Gasteiger partial charge on any atom is 0.514 e. The topological polar surface area (TPSA) is 78.7 Å². The van der Waals surface area contributed by atoms with Gasteiger partial charge < -0.3 is 9.47 Å². The maximum absolute atomic E-state index is 11.7. The van der Waals surface area contributed by atoms with Crippen LogP contribution in [0.15, 0.2) is 24.3 Å². The Morgan fingerprint density at radius 2 is 1.86 bits per heavy atom. The van der Waals surface area contributed by atoms with Crippen LogP contribution in [0.2, 0.25) is 0 Å². The summed E-state index contributed by atoms with van der Waals surface area (Å²) in [5.74, 6) is 0.629. The second-order valence-electron chi connectivity index (χ2n) is 5.32. The summed E-state index contributed by atoms with van der Waals surface area (Å²) in [4.78, 5) is 21.7. The first-order chi connectivity index (χ1) is 10.1. The molecule has 1 saturated carbocycles. The van der Waals surface area contributed by atoms with Gasteiger partial charge in [-0.2, -0.15) is 0 Å². The summed E-state index contributed by atoms with van der Waals surface area (Å²) in [5, 5.41) is 10.5. The van der Waals surface area contributed by atoms with E-state index in [0.29, 0.717) is 5.92 Å². The zero-order valence-corrected chi connectivity index (χ0v) is 12.0. The van der Waals surface area contributed by atoms with E-state index in [-0.39, 0.29) is 17.5 Å². The van der Waals surface area contributed by atoms with Crippen molar-refractivity contribution in [3.8, 4) is 5.75 Å². The van der Waals surface area contributed by atoms with Crippen LogP contribution in [0.25, 0.3) is 0 Å². The van der Waals surface area contributed by atoms with Crippen molar-refractivity contribution >= 4 is 11.8 Å². The number of nitro groups is 1. The minimum absolute atomic E-state index is 0.0497. The predicted molar refractivity (Wildman–Crippen MR) is 76.2 cm³/mol. The molecule has 0 spiro atoms. The second kappa shape index (κ2) is 7.06. The summed E-state index contributed by atoms with van der Waals surface area (Å²) in [6, 6.07) is 5.33. The largest absolute Gasteiger partial charge is 0.514 e. The number of nitrogens with zero attached hydrogens (tertiary/aromatic N) is 1. The van der Waals surface area contributed by atoms with Gasteiger partial charge in [0.1, 0.15) is 11.9 Å². The fourth-order valence-electron chi connectivity index (χ4n) is 2.61. The summed E-state index contributed by atoms with van der Waals surface area (Å²) >= 11 is 0. The maximum atomic E-state index is 11.7. The second-order valence-corrected chi connectivity index (χ2v) is 5.32. The Morgan fingerprint density at radius 3 is 2.43 bits per heavy atom. The van der Waals surface area contributed by atoms with Crippen molar-refractivity contribution in [3.63, 3.8) is 0 Å². The van der Waals surface area contributed by atoms with Gasteiger partial charge in [-0.1, -0.05) is 19.3 Å². The van der Waals surface area contributed by atoms with Gasteiger partial charge in [0.25, 0.3) is 5.69 Å². The van der Waals surface area contributed by atoms with Crippen LogP contribution in [0.4, 0.5) is 10.5 Å². The lowest BCUT2D eigenvalue weighted by atomic mass is 9.86. The molecule has 1 aliphatic rings. The average Bonchev–Trinajstić information content (AvgIpc) is 2.48. The fraction of sp³-hybridized carbons (Fsp3) is 0.533. The van der Waals surface area contributed by atoms with E-state index in [1.54, 1.807) is 0 Å². The summed E-state index contributed by atoms with van der Waals surface area (Å²) < 4.78 is 10.3. The van der Waals surface area contributed by atoms with Crippen molar-refractivity contribution in [1.29, 1.82) is 0 Å². The van der Waals surface area contributed by atoms with E-state index in [0.717, 1.165) is 12.8 Å². The summed E-state index contributed by atoms with van der Waals surface area (Å²) in [6.45, 7) is 1.88. The lowest BCUT2D eigenvalue weighted by molar-refractivity contribution is -0.384. The minimum Gasteiger partial charge on any atom is -0.431 e. The summed E-state index contributed by atoms with van der Waals surface area (Å²) in [6.07, 6.45) is 4.82. The molecule has 21 heavy (non-hydrogen) atoms. The Hall–Kier alpha value is -2.11. The minimum atomic E-state index is -0.762. The fourth-order valence-corrected chi connectivity index (χ4v) is 2.61. The van der Waals surface area contributed by atoms with E-state index >= 15 is 0 Å². The lowest BCUT2D eigenvalue weighted by Crippen LogP contribution is -2.27. The van der Waals surface area contributed by atoms with Crippen molar-refractivity contribution in [2.45, 2.75) is 45.1 Å². The summed E-state index contributed by atoms with van der Waals surface area (Å²) in [5.41, 5.74) is -0.0497. The highest BCUT2D eigenvalue weighted by molar-refractivity contribution is 5.64. The van der Waals surface area contributed by atoms with Gasteiger partial charge in [-0.3, -0.25) is 10.1 Å². The van der Waals surface area contributed by atoms with Gasteiger partial charge in [-0.25, -0.2) is 4.79 Å². The molecule has 6 heteroatoms. The SMILES string of the molecule is CC(OC(=O)Oc1ccc([N+](=O)[O-])cc1)C1CCCCC1. The molecule has 0 bridgehead atoms. The van der Waals surface area contributed by atoms with E-state index in [1.807, 2.05) is 6.92 Å². The van der Waals surface area contributed by atoms with Gasteiger partial charge in [-0.05, 0) is 37.8 Å². The highest BCUT2D eigenvalue weighted by Gasteiger charge is 2.23. The number of hydrogen-bond acceptors (Lipinski definition) is 5. The molecule has 0 amide bonds. The van der Waals surface area contributed by atoms with Crippen LogP contribution in [0.1, 0.15) is 39.0 Å². The molecule has 2 rings (SSSR count). The van der Waals surface area contributed by atoms with Gasteiger partial charge in [0, 0.05) is 12.1 Å². The number of ether oxygens (including phenoxy) is 2. The molecule has 0 aliphatic heterocycles. The van der Waals surface area contributed by atoms with Crippen molar-refractivity contribution in [1.82, 2.24) is 0 Å². The van der Waals surface area contributed by atoms with Crippen LogP contribution < -0.4 is 4.74 Å². The lowest BCUT2D eigenvalue weighted by Gasteiger charge is -2.26. The molecule has 1 unspecified atom stereocenters. The average molecular weight is 293 g/mol. The molecule has 1 fully saturated rings. The van der Waals surface area contributed by atoms with Crippen molar-refractivity contribution < 1.29 is 19.2 Å². The zero-order chi connectivity index (χ0) is 15.2. The Kier molecular flexibility index (Phi) is 5.14. The van der Waals surface area contributed by atoms with Crippen molar-refractivity contribution in [3.05, 3.63) is 34.4 Å². The predicted octanol–water partition coefficient (Wildman–Crippen LogP) is 4.08. The molecular weight excluding hydrogens is 274 g/mol. The quantitative estimate of drug-likeness (QED) is 0.362. The molecule has 1 aromatic rings. The van der Waals surface area contributed by atoms with Crippen molar-refractivity contribution in [2.24, 2.45) is 5.92 Å². The van der Waals surface area contributed by atoms with Crippen LogP contribution in [-0.4, -0.2) is 17.2 Å². The van der Waals surface area contributed by atoms with Crippen LogP contribution >= 0.6 is 0 Å². The van der Waals surface area contributed by atoms with Gasteiger partial charge in [0.05, 0.1) is 4.92 Å². The standard InChI is InChI=1S/C15H19NO5/c1-11(12-5-3-2-4-6-12)20-15(17)21-14-9-7-13(8-10-14)16(18)19/h7-12H,2-6H2,1H3. The highest BCUT2D eigenvalue weighted by atomic mass is 16.7. The van der Waals surface area contributed by atoms with Crippen LogP contribution in [-0.2, 0) is 4.74 Å². The third-order valence-electron chi connectivity index (χ3n) is 3.84. The van der Waals surface area contributed by atoms with E-state index in [2.05, 4.69) is 0 Å². The van der Waals surface area contributed by atoms with Crippen LogP contribution in [0.3, 0.4) is 0 Å². The number of nitro benzene ring substituents is 1. The zero-order valence-electron chi connectivity index (χ0n) is 12.0. The van der Waals surface area contributed by atoms with Gasteiger partial charge in [0.2, 0.25) is 0 Å².